The number of nitrogens with one attached hydrogen (secondary N) is 1. The van der Waals surface area contributed by atoms with Gasteiger partial charge in [0.05, 0.1) is 20.3 Å². The van der Waals surface area contributed by atoms with Gasteiger partial charge in [0.1, 0.15) is 12.4 Å². The largest absolute Gasteiger partial charge is 0.494 e. The van der Waals surface area contributed by atoms with Crippen LogP contribution in [0.4, 0.5) is 0 Å². The Hall–Kier alpha value is -2.69. The average Bonchev–Trinajstić information content (AvgIpc) is 2.60. The summed E-state index contributed by atoms with van der Waals surface area (Å²) < 4.78 is 16.3. The predicted octanol–water partition coefficient (Wildman–Crippen LogP) is 3.21. The van der Waals surface area contributed by atoms with Gasteiger partial charge in [-0.3, -0.25) is 4.79 Å². The van der Waals surface area contributed by atoms with Crippen LogP contribution in [0.25, 0.3) is 0 Å². The van der Waals surface area contributed by atoms with Crippen LogP contribution in [-0.2, 0) is 0 Å². The summed E-state index contributed by atoms with van der Waals surface area (Å²) in [6.45, 7) is 5.23. The fourth-order valence-electron chi connectivity index (χ4n) is 2.27. The first-order chi connectivity index (χ1) is 11.7. The molecule has 2 aromatic rings. The van der Waals surface area contributed by atoms with E-state index in [0.717, 1.165) is 11.3 Å². The summed E-state index contributed by atoms with van der Waals surface area (Å²) in [6, 6.07) is 12.8. The molecular weight excluding hydrogens is 306 g/mol. The summed E-state index contributed by atoms with van der Waals surface area (Å²) in [7, 11) is 1.60. The second-order valence-electron chi connectivity index (χ2n) is 5.17. The minimum atomic E-state index is -0.134. The monoisotopic (exact) mass is 329 g/mol. The van der Waals surface area contributed by atoms with Crippen molar-refractivity contribution in [3.8, 4) is 17.2 Å². The van der Waals surface area contributed by atoms with Crippen molar-refractivity contribution in [2.45, 2.75) is 13.8 Å². The maximum Gasteiger partial charge on any atom is 0.251 e. The number of benzene rings is 2. The van der Waals surface area contributed by atoms with Gasteiger partial charge >= 0.3 is 0 Å². The van der Waals surface area contributed by atoms with Gasteiger partial charge in [0, 0.05) is 5.56 Å². The maximum absolute atomic E-state index is 12.2. The zero-order valence-electron chi connectivity index (χ0n) is 14.3. The van der Waals surface area contributed by atoms with E-state index in [9.17, 15) is 4.79 Å². The quantitative estimate of drug-likeness (QED) is 0.756. The van der Waals surface area contributed by atoms with E-state index < -0.39 is 0 Å². The smallest absolute Gasteiger partial charge is 0.251 e. The lowest BCUT2D eigenvalue weighted by Crippen LogP contribution is -2.28. The van der Waals surface area contributed by atoms with Crippen molar-refractivity contribution in [1.82, 2.24) is 5.32 Å². The van der Waals surface area contributed by atoms with Gasteiger partial charge in [-0.1, -0.05) is 12.1 Å². The first-order valence-electron chi connectivity index (χ1n) is 7.93. The number of ether oxygens (including phenoxy) is 3. The summed E-state index contributed by atoms with van der Waals surface area (Å²) in [5, 5.41) is 2.84. The molecule has 128 valence electrons. The number of aryl methyl sites for hydroxylation is 1. The first-order valence-corrected chi connectivity index (χ1v) is 7.93. The van der Waals surface area contributed by atoms with Crippen molar-refractivity contribution < 1.29 is 19.0 Å². The molecule has 0 bridgehead atoms. The van der Waals surface area contributed by atoms with E-state index in [4.69, 9.17) is 14.2 Å². The molecule has 0 fully saturated rings. The molecule has 0 spiro atoms. The van der Waals surface area contributed by atoms with E-state index >= 15 is 0 Å². The van der Waals surface area contributed by atoms with Crippen LogP contribution in [0.15, 0.2) is 42.5 Å². The van der Waals surface area contributed by atoms with E-state index in [2.05, 4.69) is 5.32 Å². The lowest BCUT2D eigenvalue weighted by molar-refractivity contribution is 0.0946. The Kier molecular flexibility index (Phi) is 6.49. The van der Waals surface area contributed by atoms with Crippen molar-refractivity contribution >= 4 is 5.91 Å². The van der Waals surface area contributed by atoms with E-state index in [0.29, 0.717) is 36.8 Å². The molecule has 0 radical (unpaired) electrons. The highest BCUT2D eigenvalue weighted by Crippen LogP contribution is 2.25. The summed E-state index contributed by atoms with van der Waals surface area (Å²) in [4.78, 5) is 12.2. The average molecular weight is 329 g/mol. The van der Waals surface area contributed by atoms with Gasteiger partial charge in [-0.15, -0.1) is 0 Å². The van der Waals surface area contributed by atoms with Crippen molar-refractivity contribution in [1.29, 1.82) is 0 Å². The standard InChI is InChI=1S/C19H23NO4/c1-4-23-16-10-9-15(13-14(16)2)19(21)20-11-12-24-18-8-6-5-7-17(18)22-3/h5-10,13H,4,11-12H2,1-3H3,(H,20,21). The fraction of sp³-hybridized carbons (Fsp3) is 0.316. The zero-order chi connectivity index (χ0) is 17.4. The maximum atomic E-state index is 12.2. The van der Waals surface area contributed by atoms with Crippen LogP contribution in [-0.4, -0.2) is 32.8 Å². The normalized spacial score (nSPS) is 10.1. The molecule has 0 saturated carbocycles. The van der Waals surface area contributed by atoms with Gasteiger partial charge in [0.25, 0.3) is 5.91 Å². The number of hydrogen-bond acceptors (Lipinski definition) is 4. The summed E-state index contributed by atoms with van der Waals surface area (Å²) in [6.07, 6.45) is 0. The summed E-state index contributed by atoms with van der Waals surface area (Å²) >= 11 is 0. The minimum absolute atomic E-state index is 0.134. The van der Waals surface area contributed by atoms with Crippen LogP contribution in [0, 0.1) is 6.92 Å². The second kappa shape index (κ2) is 8.82. The molecule has 0 heterocycles. The number of para-hydroxylation sites is 2. The van der Waals surface area contributed by atoms with Crippen LogP contribution in [0.1, 0.15) is 22.8 Å². The highest BCUT2D eigenvalue weighted by atomic mass is 16.5. The molecule has 2 rings (SSSR count). The number of methoxy groups -OCH3 is 1. The van der Waals surface area contributed by atoms with E-state index in [1.807, 2.05) is 50.2 Å². The van der Waals surface area contributed by atoms with Crippen molar-refractivity contribution in [3.05, 3.63) is 53.6 Å². The Balaban J connectivity index is 1.84. The molecule has 24 heavy (non-hydrogen) atoms. The highest BCUT2D eigenvalue weighted by molar-refractivity contribution is 5.94. The predicted molar refractivity (Wildman–Crippen MR) is 93.2 cm³/mol. The molecule has 1 N–H and O–H groups in total. The molecule has 2 aromatic carbocycles. The Bertz CT molecular complexity index is 685. The Morgan fingerprint density at radius 3 is 2.46 bits per heavy atom. The second-order valence-corrected chi connectivity index (χ2v) is 5.17. The first kappa shape index (κ1) is 17.7. The highest BCUT2D eigenvalue weighted by Gasteiger charge is 2.08. The van der Waals surface area contributed by atoms with Crippen LogP contribution in [0.5, 0.6) is 17.2 Å². The molecule has 0 saturated heterocycles. The van der Waals surface area contributed by atoms with Gasteiger partial charge in [-0.25, -0.2) is 0 Å². The van der Waals surface area contributed by atoms with Crippen LogP contribution >= 0.6 is 0 Å². The zero-order valence-corrected chi connectivity index (χ0v) is 14.3. The summed E-state index contributed by atoms with van der Waals surface area (Å²) in [5.74, 6) is 2.00. The summed E-state index contributed by atoms with van der Waals surface area (Å²) in [5.41, 5.74) is 1.54. The van der Waals surface area contributed by atoms with Gasteiger partial charge in [-0.2, -0.15) is 0 Å². The number of amides is 1. The lowest BCUT2D eigenvalue weighted by Gasteiger charge is -2.12. The van der Waals surface area contributed by atoms with E-state index in [-0.39, 0.29) is 5.91 Å². The SMILES string of the molecule is CCOc1ccc(C(=O)NCCOc2ccccc2OC)cc1C. The van der Waals surface area contributed by atoms with Crippen LogP contribution < -0.4 is 19.5 Å². The molecule has 0 aliphatic heterocycles. The topological polar surface area (TPSA) is 56.8 Å². The molecule has 0 aromatic heterocycles. The van der Waals surface area contributed by atoms with Gasteiger partial charge in [-0.05, 0) is 49.7 Å². The number of hydrogen-bond donors (Lipinski definition) is 1. The van der Waals surface area contributed by atoms with Crippen molar-refractivity contribution in [3.63, 3.8) is 0 Å². The molecule has 0 aliphatic rings. The molecule has 5 heteroatoms. The van der Waals surface area contributed by atoms with E-state index in [1.165, 1.54) is 0 Å². The van der Waals surface area contributed by atoms with Gasteiger partial charge < -0.3 is 19.5 Å². The molecule has 0 unspecified atom stereocenters. The molecule has 1 amide bonds. The van der Waals surface area contributed by atoms with Crippen molar-refractivity contribution in [2.75, 3.05) is 26.9 Å². The Morgan fingerprint density at radius 1 is 1.04 bits per heavy atom. The molecular formula is C19H23NO4. The minimum Gasteiger partial charge on any atom is -0.494 e. The third-order valence-corrected chi connectivity index (χ3v) is 3.45. The van der Waals surface area contributed by atoms with Crippen molar-refractivity contribution in [2.24, 2.45) is 0 Å². The van der Waals surface area contributed by atoms with Gasteiger partial charge in [0.2, 0.25) is 0 Å². The Labute approximate surface area is 142 Å². The van der Waals surface area contributed by atoms with Crippen LogP contribution in [0.3, 0.4) is 0 Å². The third kappa shape index (κ3) is 4.65. The molecule has 0 aliphatic carbocycles. The van der Waals surface area contributed by atoms with Crippen LogP contribution in [0.2, 0.25) is 0 Å². The molecule has 5 nitrogen and oxygen atoms in total. The number of rotatable bonds is 8. The third-order valence-electron chi connectivity index (χ3n) is 3.45. The number of carbonyl (C=O) groups excluding carboxylic acids is 1. The fourth-order valence-corrected chi connectivity index (χ4v) is 2.27. The lowest BCUT2D eigenvalue weighted by atomic mass is 10.1. The Morgan fingerprint density at radius 2 is 1.79 bits per heavy atom. The van der Waals surface area contributed by atoms with Gasteiger partial charge in [0.15, 0.2) is 11.5 Å². The molecule has 0 atom stereocenters. The van der Waals surface area contributed by atoms with E-state index in [1.54, 1.807) is 13.2 Å². The number of carbonyl (C=O) groups is 1.